The van der Waals surface area contributed by atoms with Crippen LogP contribution < -0.4 is 10.1 Å². The maximum absolute atomic E-state index is 13.8. The van der Waals surface area contributed by atoms with Crippen LogP contribution in [0.25, 0.3) is 0 Å². The lowest BCUT2D eigenvalue weighted by Gasteiger charge is -2.26. The summed E-state index contributed by atoms with van der Waals surface area (Å²) in [4.78, 5) is 0. The van der Waals surface area contributed by atoms with Gasteiger partial charge in [-0.2, -0.15) is 0 Å². The van der Waals surface area contributed by atoms with E-state index in [0.29, 0.717) is 22.3 Å². The topological polar surface area (TPSA) is 21.3 Å². The average Bonchev–Trinajstić information content (AvgIpc) is 2.34. The van der Waals surface area contributed by atoms with Gasteiger partial charge in [0.05, 0.1) is 12.1 Å². The molecule has 1 aliphatic rings. The molecule has 1 saturated heterocycles. The Hall–Kier alpha value is -0.800. The van der Waals surface area contributed by atoms with Crippen molar-refractivity contribution in [1.29, 1.82) is 0 Å². The van der Waals surface area contributed by atoms with Gasteiger partial charge in [-0.15, -0.1) is 0 Å². The summed E-state index contributed by atoms with van der Waals surface area (Å²) in [6.07, 6.45) is 1.99. The molecule has 1 aromatic rings. The van der Waals surface area contributed by atoms with Gasteiger partial charge in [-0.25, -0.2) is 4.39 Å². The van der Waals surface area contributed by atoms with Crippen LogP contribution in [0.5, 0.6) is 5.75 Å². The van der Waals surface area contributed by atoms with Gasteiger partial charge in [0.25, 0.3) is 0 Å². The van der Waals surface area contributed by atoms with Gasteiger partial charge in [-0.1, -0.05) is 11.6 Å². The van der Waals surface area contributed by atoms with Gasteiger partial charge in [0.15, 0.2) is 0 Å². The zero-order chi connectivity index (χ0) is 12.4. The Balaban J connectivity index is 2.48. The van der Waals surface area contributed by atoms with Crippen molar-refractivity contribution in [3.8, 4) is 5.75 Å². The van der Waals surface area contributed by atoms with Gasteiger partial charge in [0, 0.05) is 5.56 Å². The second kappa shape index (κ2) is 5.23. The van der Waals surface area contributed by atoms with E-state index in [4.69, 9.17) is 16.3 Å². The summed E-state index contributed by atoms with van der Waals surface area (Å²) in [5, 5.41) is 3.67. The monoisotopic (exact) mass is 257 g/mol. The number of nitrogens with one attached hydrogen (secondary N) is 1. The predicted molar refractivity (Wildman–Crippen MR) is 67.5 cm³/mol. The fourth-order valence-electron chi connectivity index (χ4n) is 2.52. The van der Waals surface area contributed by atoms with Crippen molar-refractivity contribution in [1.82, 2.24) is 5.32 Å². The Morgan fingerprint density at radius 2 is 2.06 bits per heavy atom. The molecule has 2 rings (SSSR count). The average molecular weight is 258 g/mol. The van der Waals surface area contributed by atoms with Crippen molar-refractivity contribution >= 4 is 11.6 Å². The minimum Gasteiger partial charge on any atom is -0.495 e. The van der Waals surface area contributed by atoms with Crippen LogP contribution in [0, 0.1) is 12.7 Å². The lowest BCUT2D eigenvalue weighted by atomic mass is 9.86. The largest absolute Gasteiger partial charge is 0.495 e. The fourth-order valence-corrected chi connectivity index (χ4v) is 2.80. The molecule has 94 valence electrons. The Bertz CT molecular complexity index is 416. The van der Waals surface area contributed by atoms with Crippen molar-refractivity contribution in [3.05, 3.63) is 28.0 Å². The molecule has 0 spiro atoms. The van der Waals surface area contributed by atoms with Crippen molar-refractivity contribution < 1.29 is 9.13 Å². The highest BCUT2D eigenvalue weighted by Crippen LogP contribution is 2.40. The Morgan fingerprint density at radius 3 is 2.65 bits per heavy atom. The summed E-state index contributed by atoms with van der Waals surface area (Å²) in [6, 6.07) is 1.33. The van der Waals surface area contributed by atoms with Crippen LogP contribution in [-0.4, -0.2) is 20.2 Å². The summed E-state index contributed by atoms with van der Waals surface area (Å²) in [5.41, 5.74) is 1.61. The van der Waals surface area contributed by atoms with Crippen molar-refractivity contribution in [2.75, 3.05) is 20.2 Å². The number of halogens is 2. The van der Waals surface area contributed by atoms with Crippen LogP contribution >= 0.6 is 11.6 Å². The lowest BCUT2D eigenvalue weighted by Crippen LogP contribution is -2.27. The van der Waals surface area contributed by atoms with E-state index in [1.165, 1.54) is 6.07 Å². The summed E-state index contributed by atoms with van der Waals surface area (Å²) in [6.45, 7) is 3.72. The summed E-state index contributed by atoms with van der Waals surface area (Å²) >= 11 is 6.05. The molecule has 1 aliphatic heterocycles. The molecule has 2 nitrogen and oxygen atoms in total. The Labute approximate surface area is 106 Å². The highest BCUT2D eigenvalue weighted by molar-refractivity contribution is 6.32. The first-order valence-electron chi connectivity index (χ1n) is 5.88. The van der Waals surface area contributed by atoms with E-state index in [1.807, 2.05) is 0 Å². The SMILES string of the molecule is COc1c(Cl)cc(F)c(C)c1C1CCNCC1. The van der Waals surface area contributed by atoms with E-state index >= 15 is 0 Å². The molecule has 0 atom stereocenters. The van der Waals surface area contributed by atoms with E-state index in [-0.39, 0.29) is 5.82 Å². The number of hydrogen-bond donors (Lipinski definition) is 1. The third-order valence-corrected chi connectivity index (χ3v) is 3.71. The quantitative estimate of drug-likeness (QED) is 0.878. The van der Waals surface area contributed by atoms with Crippen LogP contribution in [0.2, 0.25) is 5.02 Å². The number of methoxy groups -OCH3 is 1. The van der Waals surface area contributed by atoms with Gasteiger partial charge in [0.2, 0.25) is 0 Å². The van der Waals surface area contributed by atoms with Crippen molar-refractivity contribution in [2.24, 2.45) is 0 Å². The fraction of sp³-hybridized carbons (Fsp3) is 0.538. The van der Waals surface area contributed by atoms with Crippen molar-refractivity contribution in [2.45, 2.75) is 25.7 Å². The predicted octanol–water partition coefficient (Wildman–Crippen LogP) is 3.26. The minimum absolute atomic E-state index is 0.246. The molecule has 0 amide bonds. The van der Waals surface area contributed by atoms with E-state index in [9.17, 15) is 4.39 Å². The van der Waals surface area contributed by atoms with Gasteiger partial charge in [-0.3, -0.25) is 0 Å². The first-order chi connectivity index (χ1) is 8.15. The van der Waals surface area contributed by atoms with E-state index < -0.39 is 0 Å². The molecule has 0 bridgehead atoms. The molecule has 0 aliphatic carbocycles. The minimum atomic E-state index is -0.246. The van der Waals surface area contributed by atoms with Crippen LogP contribution in [0.15, 0.2) is 6.07 Å². The van der Waals surface area contributed by atoms with Gasteiger partial charge in [-0.05, 0) is 50.4 Å². The van der Waals surface area contributed by atoms with Gasteiger partial charge >= 0.3 is 0 Å². The molecule has 1 fully saturated rings. The number of ether oxygens (including phenoxy) is 1. The number of benzene rings is 1. The van der Waals surface area contributed by atoms with E-state index in [1.54, 1.807) is 14.0 Å². The zero-order valence-corrected chi connectivity index (χ0v) is 10.9. The number of piperidine rings is 1. The Kier molecular flexibility index (Phi) is 3.89. The van der Waals surface area contributed by atoms with Crippen LogP contribution in [0.4, 0.5) is 4.39 Å². The number of hydrogen-bond acceptors (Lipinski definition) is 2. The smallest absolute Gasteiger partial charge is 0.141 e. The third-order valence-electron chi connectivity index (χ3n) is 3.43. The summed E-state index contributed by atoms with van der Waals surface area (Å²) < 4.78 is 19.1. The molecule has 1 aromatic carbocycles. The molecule has 4 heteroatoms. The van der Waals surface area contributed by atoms with Crippen LogP contribution in [-0.2, 0) is 0 Å². The maximum atomic E-state index is 13.8. The summed E-state index contributed by atoms with van der Waals surface area (Å²) in [7, 11) is 1.59. The lowest BCUT2D eigenvalue weighted by molar-refractivity contribution is 0.388. The highest BCUT2D eigenvalue weighted by Gasteiger charge is 2.24. The maximum Gasteiger partial charge on any atom is 0.141 e. The molecule has 1 heterocycles. The highest BCUT2D eigenvalue weighted by atomic mass is 35.5. The van der Waals surface area contributed by atoms with Gasteiger partial charge < -0.3 is 10.1 Å². The third kappa shape index (κ3) is 2.40. The molecule has 0 saturated carbocycles. The zero-order valence-electron chi connectivity index (χ0n) is 10.1. The molecular weight excluding hydrogens is 241 g/mol. The van der Waals surface area contributed by atoms with E-state index in [2.05, 4.69) is 5.32 Å². The molecule has 0 unspecified atom stereocenters. The molecule has 1 N–H and O–H groups in total. The van der Waals surface area contributed by atoms with Crippen molar-refractivity contribution in [3.63, 3.8) is 0 Å². The standard InChI is InChI=1S/C13H17ClFNO/c1-8-11(15)7-10(14)13(17-2)12(8)9-3-5-16-6-4-9/h7,9,16H,3-6H2,1-2H3. The second-order valence-corrected chi connectivity index (χ2v) is 4.84. The first-order valence-corrected chi connectivity index (χ1v) is 6.26. The molecular formula is C13H17ClFNO. The first kappa shape index (κ1) is 12.7. The van der Waals surface area contributed by atoms with E-state index in [0.717, 1.165) is 31.5 Å². The number of rotatable bonds is 2. The molecule has 17 heavy (non-hydrogen) atoms. The normalized spacial score (nSPS) is 17.2. The van der Waals surface area contributed by atoms with Gasteiger partial charge in [0.1, 0.15) is 11.6 Å². The summed E-state index contributed by atoms with van der Waals surface area (Å²) in [5.74, 6) is 0.723. The van der Waals surface area contributed by atoms with Crippen LogP contribution in [0.3, 0.4) is 0 Å². The molecule has 0 radical (unpaired) electrons. The molecule has 0 aromatic heterocycles. The second-order valence-electron chi connectivity index (χ2n) is 4.44. The van der Waals surface area contributed by atoms with Crippen LogP contribution in [0.1, 0.15) is 29.9 Å². The Morgan fingerprint density at radius 1 is 1.41 bits per heavy atom.